The molecular weight excluding hydrogens is 204 g/mol. The molecule has 8 unspecified atom stereocenters. The minimum Gasteiger partial charge on any atom is -0.0464 e. The summed E-state index contributed by atoms with van der Waals surface area (Å²) in [5.74, 6) is 10.2. The van der Waals surface area contributed by atoms with Crippen LogP contribution in [0.15, 0.2) is 0 Å². The second-order valence-electron chi connectivity index (χ2n) is 9.41. The molecule has 0 heterocycles. The van der Waals surface area contributed by atoms with Gasteiger partial charge in [-0.2, -0.15) is 0 Å². The maximum atomic E-state index is 1.70. The van der Waals surface area contributed by atoms with Gasteiger partial charge in [0.1, 0.15) is 0 Å². The van der Waals surface area contributed by atoms with E-state index in [0.717, 1.165) is 16.2 Å². The van der Waals surface area contributed by atoms with Crippen LogP contribution in [0.5, 0.6) is 0 Å². The molecule has 8 saturated carbocycles. The highest BCUT2D eigenvalue weighted by Crippen LogP contribution is 3.06. The molecule has 0 bridgehead atoms. The molecule has 0 aromatic heterocycles. The van der Waals surface area contributed by atoms with Crippen LogP contribution in [0.4, 0.5) is 0 Å². The van der Waals surface area contributed by atoms with Crippen molar-refractivity contribution < 1.29 is 0 Å². The fourth-order valence-corrected chi connectivity index (χ4v) is 10.9. The van der Waals surface area contributed by atoms with Crippen LogP contribution in [-0.2, 0) is 0 Å². The highest BCUT2D eigenvalue weighted by Gasteiger charge is 3.01. The minimum absolute atomic E-state index is 1.01. The van der Waals surface area contributed by atoms with E-state index in [0.29, 0.717) is 0 Å². The Kier molecular flexibility index (Phi) is 0.694. The Morgan fingerprint density at radius 3 is 1.06 bits per heavy atom. The molecule has 0 N–H and O–H groups in total. The van der Waals surface area contributed by atoms with Crippen LogP contribution in [0.3, 0.4) is 0 Å². The molecule has 17 heavy (non-hydrogen) atoms. The van der Waals surface area contributed by atoms with Crippen molar-refractivity contribution in [1.29, 1.82) is 0 Å². The molecule has 0 heteroatoms. The van der Waals surface area contributed by atoms with Gasteiger partial charge >= 0.3 is 0 Å². The second-order valence-corrected chi connectivity index (χ2v) is 9.41. The number of hydrogen-bond acceptors (Lipinski definition) is 0. The topological polar surface area (TPSA) is 0 Å². The lowest BCUT2D eigenvalue weighted by molar-refractivity contribution is -0.582. The van der Waals surface area contributed by atoms with E-state index in [4.69, 9.17) is 0 Å². The molecule has 8 fully saturated rings. The van der Waals surface area contributed by atoms with Gasteiger partial charge in [-0.3, -0.25) is 0 Å². The van der Waals surface area contributed by atoms with Crippen LogP contribution in [0.25, 0.3) is 0 Å². The highest BCUT2D eigenvalue weighted by atomic mass is 15.0. The average Bonchev–Trinajstić information content (AvgIpc) is 2.08. The smallest absolute Gasteiger partial charge is 0.0162 e. The van der Waals surface area contributed by atoms with E-state index in [1.54, 1.807) is 38.5 Å². The van der Waals surface area contributed by atoms with Crippen molar-refractivity contribution in [3.63, 3.8) is 0 Å². The lowest BCUT2D eigenvalue weighted by atomic mass is 8.99. The molecule has 0 aromatic carbocycles. The van der Waals surface area contributed by atoms with Gasteiger partial charge in [-0.25, -0.2) is 0 Å². The summed E-state index contributed by atoms with van der Waals surface area (Å²) in [6, 6.07) is 0. The Balaban J connectivity index is 1.33. The molecule has 0 aromatic rings. The van der Waals surface area contributed by atoms with Crippen LogP contribution >= 0.6 is 0 Å². The normalized spacial score (nSPS) is 93.2. The lowest BCUT2D eigenvalue weighted by Crippen LogP contribution is -3.01. The summed E-state index contributed by atoms with van der Waals surface area (Å²) in [6.07, 6.45) is 10.1. The first kappa shape index (κ1) is 7.56. The molecular formula is C17H20. The fourth-order valence-electron chi connectivity index (χ4n) is 10.9. The predicted molar refractivity (Wildman–Crippen MR) is 62.9 cm³/mol. The quantitative estimate of drug-likeness (QED) is 0.592. The van der Waals surface area contributed by atoms with E-state index in [9.17, 15) is 0 Å². The average molecular weight is 224 g/mol. The molecule has 0 saturated heterocycles. The Labute approximate surface area is 103 Å². The third kappa shape index (κ3) is 0.340. The van der Waals surface area contributed by atoms with Crippen LogP contribution in [-0.4, -0.2) is 0 Å². The van der Waals surface area contributed by atoms with Crippen molar-refractivity contribution in [3.8, 4) is 0 Å². The van der Waals surface area contributed by atoms with Gasteiger partial charge in [0.15, 0.2) is 0 Å². The van der Waals surface area contributed by atoms with E-state index >= 15 is 0 Å². The number of fused-ring (bicyclic) bond motifs is 4. The van der Waals surface area contributed by atoms with Gasteiger partial charge in [0, 0.05) is 0 Å². The van der Waals surface area contributed by atoms with Gasteiger partial charge in [-0.1, -0.05) is 0 Å². The Morgan fingerprint density at radius 2 is 0.765 bits per heavy atom. The molecule has 0 amide bonds. The summed E-state index contributed by atoms with van der Waals surface area (Å²) in [5, 5.41) is 0. The predicted octanol–water partition coefficient (Wildman–Crippen LogP) is 3.32. The zero-order chi connectivity index (χ0) is 10.4. The van der Waals surface area contributed by atoms with E-state index < -0.39 is 0 Å². The van der Waals surface area contributed by atoms with Crippen LogP contribution in [0.1, 0.15) is 38.5 Å². The van der Waals surface area contributed by atoms with Crippen LogP contribution in [0, 0.1) is 63.6 Å². The van der Waals surface area contributed by atoms with E-state index in [1.807, 2.05) is 0 Å². The Hall–Kier alpha value is 0. The van der Waals surface area contributed by atoms with E-state index in [-0.39, 0.29) is 0 Å². The van der Waals surface area contributed by atoms with E-state index in [2.05, 4.69) is 0 Å². The number of hydrogen-bond donors (Lipinski definition) is 0. The summed E-state index contributed by atoms with van der Waals surface area (Å²) in [4.78, 5) is 0. The SMILES string of the molecule is C1C2CC3C24C1CC4C31C2CC3CC4C[C@H]1C342. The van der Waals surface area contributed by atoms with Crippen molar-refractivity contribution in [2.75, 3.05) is 0 Å². The van der Waals surface area contributed by atoms with Crippen molar-refractivity contribution in [3.05, 3.63) is 0 Å². The Bertz CT molecular complexity index is 435. The van der Waals surface area contributed by atoms with Crippen LogP contribution < -0.4 is 0 Å². The molecule has 88 valence electrons. The fraction of sp³-hybridized carbons (Fsp3) is 1.00. The van der Waals surface area contributed by atoms with Crippen molar-refractivity contribution in [1.82, 2.24) is 0 Å². The summed E-state index contributed by atoms with van der Waals surface area (Å²) in [6.45, 7) is 0. The summed E-state index contributed by atoms with van der Waals surface area (Å²) < 4.78 is 0. The zero-order valence-corrected chi connectivity index (χ0v) is 10.4. The summed E-state index contributed by atoms with van der Waals surface area (Å²) in [5.41, 5.74) is 3.10. The maximum absolute atomic E-state index is 1.70. The Morgan fingerprint density at radius 1 is 0.412 bits per heavy atom. The zero-order valence-electron chi connectivity index (χ0n) is 10.4. The molecule has 0 nitrogen and oxygen atoms in total. The third-order valence-corrected chi connectivity index (χ3v) is 10.9. The maximum Gasteiger partial charge on any atom is -0.0162 e. The van der Waals surface area contributed by atoms with E-state index in [1.165, 1.54) is 47.3 Å². The molecule has 0 radical (unpaired) electrons. The first-order valence-electron chi connectivity index (χ1n) is 8.36. The minimum atomic E-state index is 1.01. The largest absolute Gasteiger partial charge is 0.0464 e. The monoisotopic (exact) mass is 224 g/mol. The second kappa shape index (κ2) is 1.56. The van der Waals surface area contributed by atoms with Crippen molar-refractivity contribution >= 4 is 0 Å². The molecule has 0 aliphatic heterocycles. The van der Waals surface area contributed by atoms with Gasteiger partial charge in [0.2, 0.25) is 0 Å². The molecule has 8 rings (SSSR count). The standard InChI is InChI=1S/C17H20/c1-7-3-11-15(7)8(1)4-12(15)17(11)13-5-9-2-10-6-14(17)16(9,10)13/h7-14H,1-6H2/t7?,8?,9?,10?,11-,12?,13?,14?,15?,16?,17?/m0/s1. The van der Waals surface area contributed by atoms with Gasteiger partial charge < -0.3 is 0 Å². The van der Waals surface area contributed by atoms with Gasteiger partial charge in [0.25, 0.3) is 0 Å². The third-order valence-electron chi connectivity index (χ3n) is 10.9. The van der Waals surface area contributed by atoms with Crippen molar-refractivity contribution in [2.24, 2.45) is 63.6 Å². The first-order valence-corrected chi connectivity index (χ1v) is 8.36. The van der Waals surface area contributed by atoms with Gasteiger partial charge in [-0.15, -0.1) is 0 Å². The molecule has 9 atom stereocenters. The lowest BCUT2D eigenvalue weighted by Gasteiger charge is -3.05. The molecule has 8 aliphatic rings. The van der Waals surface area contributed by atoms with Gasteiger partial charge in [0.05, 0.1) is 0 Å². The number of rotatable bonds is 0. The molecule has 8 aliphatic carbocycles. The van der Waals surface area contributed by atoms with Gasteiger partial charge in [-0.05, 0) is 102 Å². The highest BCUT2D eigenvalue weighted by molar-refractivity contribution is 5.48. The first-order chi connectivity index (χ1) is 8.36. The van der Waals surface area contributed by atoms with Crippen molar-refractivity contribution in [2.45, 2.75) is 38.5 Å². The summed E-state index contributed by atoms with van der Waals surface area (Å²) >= 11 is 0. The van der Waals surface area contributed by atoms with Crippen LogP contribution in [0.2, 0.25) is 0 Å². The molecule has 3 spiro atoms. The summed E-state index contributed by atoms with van der Waals surface area (Å²) in [7, 11) is 0.